The first-order valence-electron chi connectivity index (χ1n) is 6.02. The smallest absolute Gasteiger partial charge is 0.394 e. The molecule has 18 heavy (non-hydrogen) atoms. The maximum absolute atomic E-state index is 12.7. The topological polar surface area (TPSA) is 32.3 Å². The molecule has 0 amide bonds. The van der Waals surface area contributed by atoms with E-state index in [0.717, 1.165) is 31.5 Å². The lowest BCUT2D eigenvalue weighted by Crippen LogP contribution is -2.48. The summed E-state index contributed by atoms with van der Waals surface area (Å²) in [5.74, 6) is 0. The lowest BCUT2D eigenvalue weighted by atomic mass is 9.82. The summed E-state index contributed by atoms with van der Waals surface area (Å²) in [5.41, 5.74) is -0.876. The molecule has 2 N–H and O–H groups in total. The van der Waals surface area contributed by atoms with Gasteiger partial charge in [0.05, 0.1) is 17.7 Å². The van der Waals surface area contributed by atoms with Crippen LogP contribution < -0.4 is 5.32 Å². The van der Waals surface area contributed by atoms with Crippen molar-refractivity contribution in [3.8, 4) is 0 Å². The van der Waals surface area contributed by atoms with Gasteiger partial charge in [-0.15, -0.1) is 0 Å². The van der Waals surface area contributed by atoms with Crippen LogP contribution in [-0.2, 0) is 11.7 Å². The highest BCUT2D eigenvalue weighted by Crippen LogP contribution is 2.35. The first-order chi connectivity index (χ1) is 8.48. The molecule has 1 aliphatic rings. The Morgan fingerprint density at radius 3 is 2.61 bits per heavy atom. The molecular weight excluding hydrogens is 243 g/mol. The van der Waals surface area contributed by atoms with Gasteiger partial charge in [-0.2, -0.15) is 13.2 Å². The molecule has 1 unspecified atom stereocenters. The van der Waals surface area contributed by atoms with Crippen LogP contribution in [0.25, 0.3) is 0 Å². The second-order valence-corrected chi connectivity index (χ2v) is 4.70. The second kappa shape index (κ2) is 4.90. The van der Waals surface area contributed by atoms with Gasteiger partial charge in [-0.05, 0) is 43.5 Å². The number of halogens is 3. The van der Waals surface area contributed by atoms with Crippen molar-refractivity contribution in [2.45, 2.75) is 31.0 Å². The number of hydrogen-bond donors (Lipinski definition) is 2. The van der Waals surface area contributed by atoms with E-state index in [2.05, 4.69) is 5.32 Å². The van der Waals surface area contributed by atoms with Crippen molar-refractivity contribution in [2.75, 3.05) is 13.2 Å². The Morgan fingerprint density at radius 1 is 1.28 bits per heavy atom. The lowest BCUT2D eigenvalue weighted by molar-refractivity contribution is -0.137. The van der Waals surface area contributed by atoms with E-state index in [9.17, 15) is 18.3 Å². The van der Waals surface area contributed by atoms with Crippen LogP contribution in [0.2, 0.25) is 0 Å². The van der Waals surface area contributed by atoms with E-state index in [4.69, 9.17) is 0 Å². The molecular formula is C13H16F3NO. The van der Waals surface area contributed by atoms with Gasteiger partial charge in [-0.25, -0.2) is 0 Å². The number of hydrogen-bond acceptors (Lipinski definition) is 2. The van der Waals surface area contributed by atoms with Gasteiger partial charge in [-0.1, -0.05) is 12.1 Å². The third-order valence-electron chi connectivity index (χ3n) is 3.51. The van der Waals surface area contributed by atoms with Gasteiger partial charge in [0.25, 0.3) is 0 Å². The molecule has 0 bridgehead atoms. The molecule has 1 atom stereocenters. The molecule has 1 aromatic rings. The fraction of sp³-hybridized carbons (Fsp3) is 0.538. The Hall–Kier alpha value is -1.07. The lowest BCUT2D eigenvalue weighted by Gasteiger charge is -2.37. The highest BCUT2D eigenvalue weighted by atomic mass is 19.4. The van der Waals surface area contributed by atoms with Crippen LogP contribution in [0.15, 0.2) is 24.3 Å². The van der Waals surface area contributed by atoms with Gasteiger partial charge in [0, 0.05) is 0 Å². The SMILES string of the molecule is OCC1(c2cccc(C(F)(F)F)c2)CCCCN1. The summed E-state index contributed by atoms with van der Waals surface area (Å²) in [5, 5.41) is 12.7. The Labute approximate surface area is 104 Å². The molecule has 5 heteroatoms. The molecule has 1 saturated heterocycles. The maximum atomic E-state index is 12.7. The largest absolute Gasteiger partial charge is 0.416 e. The van der Waals surface area contributed by atoms with Crippen LogP contribution in [-0.4, -0.2) is 18.3 Å². The van der Waals surface area contributed by atoms with E-state index in [1.54, 1.807) is 6.07 Å². The highest BCUT2D eigenvalue weighted by Gasteiger charge is 2.36. The third kappa shape index (κ3) is 2.52. The van der Waals surface area contributed by atoms with E-state index in [-0.39, 0.29) is 6.61 Å². The minimum absolute atomic E-state index is 0.186. The summed E-state index contributed by atoms with van der Waals surface area (Å²) in [6, 6.07) is 5.22. The first-order valence-corrected chi connectivity index (χ1v) is 6.02. The van der Waals surface area contributed by atoms with E-state index in [1.807, 2.05) is 0 Å². The van der Waals surface area contributed by atoms with Crippen molar-refractivity contribution in [2.24, 2.45) is 0 Å². The summed E-state index contributed by atoms with van der Waals surface area (Å²) in [6.07, 6.45) is -1.79. The van der Waals surface area contributed by atoms with E-state index in [0.29, 0.717) is 12.0 Å². The first kappa shape index (κ1) is 13.4. The van der Waals surface area contributed by atoms with Crippen molar-refractivity contribution in [1.82, 2.24) is 5.32 Å². The zero-order chi connectivity index (χ0) is 13.2. The van der Waals surface area contributed by atoms with Crippen molar-refractivity contribution >= 4 is 0 Å². The van der Waals surface area contributed by atoms with Crippen LogP contribution in [0, 0.1) is 0 Å². The van der Waals surface area contributed by atoms with Gasteiger partial charge in [0.1, 0.15) is 0 Å². The monoisotopic (exact) mass is 259 g/mol. The van der Waals surface area contributed by atoms with E-state index < -0.39 is 17.3 Å². The molecule has 0 radical (unpaired) electrons. The number of rotatable bonds is 2. The van der Waals surface area contributed by atoms with Crippen molar-refractivity contribution in [3.63, 3.8) is 0 Å². The zero-order valence-electron chi connectivity index (χ0n) is 9.93. The van der Waals surface area contributed by atoms with E-state index in [1.165, 1.54) is 6.07 Å². The van der Waals surface area contributed by atoms with Gasteiger partial charge in [-0.3, -0.25) is 0 Å². The van der Waals surface area contributed by atoms with Crippen LogP contribution in [0.1, 0.15) is 30.4 Å². The average molecular weight is 259 g/mol. The normalized spacial score (nSPS) is 25.1. The minimum Gasteiger partial charge on any atom is -0.394 e. The number of alkyl halides is 3. The van der Waals surface area contributed by atoms with Gasteiger partial charge >= 0.3 is 6.18 Å². The fourth-order valence-electron chi connectivity index (χ4n) is 2.43. The summed E-state index contributed by atoms with van der Waals surface area (Å²) < 4.78 is 38.0. The van der Waals surface area contributed by atoms with Gasteiger partial charge < -0.3 is 10.4 Å². The van der Waals surface area contributed by atoms with Gasteiger partial charge in [0.2, 0.25) is 0 Å². The molecule has 1 aromatic carbocycles. The van der Waals surface area contributed by atoms with Crippen LogP contribution in [0.4, 0.5) is 13.2 Å². The Kier molecular flexibility index (Phi) is 3.64. The summed E-state index contributed by atoms with van der Waals surface area (Å²) in [7, 11) is 0. The molecule has 0 aromatic heterocycles. The van der Waals surface area contributed by atoms with Crippen LogP contribution >= 0.6 is 0 Å². The Bertz CT molecular complexity index is 411. The number of benzene rings is 1. The van der Waals surface area contributed by atoms with Crippen molar-refractivity contribution in [1.29, 1.82) is 0 Å². The average Bonchev–Trinajstić information content (AvgIpc) is 2.39. The fourth-order valence-corrected chi connectivity index (χ4v) is 2.43. The zero-order valence-corrected chi connectivity index (χ0v) is 9.93. The minimum atomic E-state index is -4.35. The molecule has 1 fully saturated rings. The standard InChI is InChI=1S/C13H16F3NO/c14-13(15,16)11-5-3-4-10(8-11)12(9-18)6-1-2-7-17-12/h3-5,8,17-18H,1-2,6-7,9H2. The number of nitrogens with one attached hydrogen (secondary N) is 1. The third-order valence-corrected chi connectivity index (χ3v) is 3.51. The molecule has 2 rings (SSSR count). The molecule has 1 aliphatic heterocycles. The molecule has 1 heterocycles. The molecule has 0 spiro atoms. The molecule has 2 nitrogen and oxygen atoms in total. The second-order valence-electron chi connectivity index (χ2n) is 4.70. The quantitative estimate of drug-likeness (QED) is 0.855. The van der Waals surface area contributed by atoms with Crippen molar-refractivity contribution in [3.05, 3.63) is 35.4 Å². The van der Waals surface area contributed by atoms with Crippen LogP contribution in [0.5, 0.6) is 0 Å². The molecule has 0 saturated carbocycles. The van der Waals surface area contributed by atoms with Crippen molar-refractivity contribution < 1.29 is 18.3 Å². The molecule has 0 aliphatic carbocycles. The predicted molar refractivity (Wildman–Crippen MR) is 62.1 cm³/mol. The molecule has 100 valence electrons. The number of aliphatic hydroxyl groups is 1. The predicted octanol–water partition coefficient (Wildman–Crippen LogP) is 2.67. The Balaban J connectivity index is 2.37. The summed E-state index contributed by atoms with van der Waals surface area (Å²) in [6.45, 7) is 0.533. The van der Waals surface area contributed by atoms with E-state index >= 15 is 0 Å². The summed E-state index contributed by atoms with van der Waals surface area (Å²) in [4.78, 5) is 0. The van der Waals surface area contributed by atoms with Gasteiger partial charge in [0.15, 0.2) is 0 Å². The number of aliphatic hydroxyl groups excluding tert-OH is 1. The summed E-state index contributed by atoms with van der Waals surface area (Å²) >= 11 is 0. The van der Waals surface area contributed by atoms with Crippen LogP contribution in [0.3, 0.4) is 0 Å². The number of piperidine rings is 1. The Morgan fingerprint density at radius 2 is 2.06 bits per heavy atom. The maximum Gasteiger partial charge on any atom is 0.416 e. The highest BCUT2D eigenvalue weighted by molar-refractivity contribution is 5.31.